The zero-order chi connectivity index (χ0) is 14.8. The first-order valence-corrected chi connectivity index (χ1v) is 8.19. The molecule has 0 spiro atoms. The van der Waals surface area contributed by atoms with Crippen molar-refractivity contribution in [3.8, 4) is 0 Å². The van der Waals surface area contributed by atoms with E-state index in [4.69, 9.17) is 5.73 Å². The Labute approximate surface area is 132 Å². The standard InChI is InChI=1S/C14H20BrN5O/c15-11-8-17-14(18-9-11)20-5-3-19(4-6-20)13(21)10-1-2-12(16)7-10/h8-10,12H,1-7,16H2. The maximum absolute atomic E-state index is 12.4. The third-order valence-electron chi connectivity index (χ3n) is 4.30. The van der Waals surface area contributed by atoms with Gasteiger partial charge in [0.25, 0.3) is 0 Å². The molecular weight excluding hydrogens is 334 g/mol. The molecule has 1 saturated heterocycles. The highest BCUT2D eigenvalue weighted by atomic mass is 79.9. The number of hydrogen-bond donors (Lipinski definition) is 1. The van der Waals surface area contributed by atoms with E-state index >= 15 is 0 Å². The van der Waals surface area contributed by atoms with Gasteiger partial charge in [-0.25, -0.2) is 9.97 Å². The van der Waals surface area contributed by atoms with Crippen LogP contribution in [-0.4, -0.2) is 53.0 Å². The van der Waals surface area contributed by atoms with E-state index in [1.54, 1.807) is 12.4 Å². The number of carbonyl (C=O) groups excluding carboxylic acids is 1. The molecule has 1 amide bonds. The predicted octanol–water partition coefficient (Wildman–Crippen LogP) is 1.02. The Morgan fingerprint density at radius 1 is 1.19 bits per heavy atom. The second kappa shape index (κ2) is 6.27. The van der Waals surface area contributed by atoms with Gasteiger partial charge in [-0.2, -0.15) is 0 Å². The third-order valence-corrected chi connectivity index (χ3v) is 4.71. The number of aromatic nitrogens is 2. The van der Waals surface area contributed by atoms with Gasteiger partial charge in [-0.05, 0) is 35.2 Å². The Kier molecular flexibility index (Phi) is 4.40. The molecule has 0 radical (unpaired) electrons. The van der Waals surface area contributed by atoms with Crippen molar-refractivity contribution in [1.82, 2.24) is 14.9 Å². The molecule has 1 aromatic rings. The lowest BCUT2D eigenvalue weighted by molar-refractivity contribution is -0.135. The molecule has 0 aromatic carbocycles. The number of nitrogens with zero attached hydrogens (tertiary/aromatic N) is 4. The van der Waals surface area contributed by atoms with E-state index in [2.05, 4.69) is 30.8 Å². The van der Waals surface area contributed by atoms with Crippen molar-refractivity contribution in [1.29, 1.82) is 0 Å². The quantitative estimate of drug-likeness (QED) is 0.858. The fraction of sp³-hybridized carbons (Fsp3) is 0.643. The van der Waals surface area contributed by atoms with E-state index in [9.17, 15) is 4.79 Å². The van der Waals surface area contributed by atoms with Gasteiger partial charge >= 0.3 is 0 Å². The third kappa shape index (κ3) is 3.35. The molecule has 0 bridgehead atoms. The summed E-state index contributed by atoms with van der Waals surface area (Å²) in [5.41, 5.74) is 5.90. The van der Waals surface area contributed by atoms with Crippen molar-refractivity contribution in [3.05, 3.63) is 16.9 Å². The van der Waals surface area contributed by atoms with Crippen LogP contribution < -0.4 is 10.6 Å². The molecule has 2 heterocycles. The van der Waals surface area contributed by atoms with Crippen LogP contribution in [0.5, 0.6) is 0 Å². The number of carbonyl (C=O) groups is 1. The van der Waals surface area contributed by atoms with Gasteiger partial charge in [0.2, 0.25) is 11.9 Å². The van der Waals surface area contributed by atoms with Crippen LogP contribution in [0.15, 0.2) is 16.9 Å². The monoisotopic (exact) mass is 353 g/mol. The molecule has 7 heteroatoms. The maximum Gasteiger partial charge on any atom is 0.225 e. The first-order chi connectivity index (χ1) is 10.1. The topological polar surface area (TPSA) is 75.4 Å². The molecule has 114 valence electrons. The zero-order valence-corrected chi connectivity index (χ0v) is 13.5. The maximum atomic E-state index is 12.4. The van der Waals surface area contributed by atoms with Crippen molar-refractivity contribution < 1.29 is 4.79 Å². The lowest BCUT2D eigenvalue weighted by Crippen LogP contribution is -2.50. The van der Waals surface area contributed by atoms with Crippen LogP contribution in [0.25, 0.3) is 0 Å². The highest BCUT2D eigenvalue weighted by Crippen LogP contribution is 2.26. The molecule has 1 aliphatic heterocycles. The van der Waals surface area contributed by atoms with Crippen molar-refractivity contribution in [3.63, 3.8) is 0 Å². The highest BCUT2D eigenvalue weighted by Gasteiger charge is 2.32. The summed E-state index contributed by atoms with van der Waals surface area (Å²) < 4.78 is 0.873. The van der Waals surface area contributed by atoms with E-state index in [1.807, 2.05) is 4.90 Å². The summed E-state index contributed by atoms with van der Waals surface area (Å²) in [6, 6.07) is 0.205. The highest BCUT2D eigenvalue weighted by molar-refractivity contribution is 9.10. The first-order valence-electron chi connectivity index (χ1n) is 7.40. The molecule has 2 unspecified atom stereocenters. The average molecular weight is 354 g/mol. The Balaban J connectivity index is 1.55. The van der Waals surface area contributed by atoms with Crippen LogP contribution in [0.4, 0.5) is 5.95 Å². The fourth-order valence-electron chi connectivity index (χ4n) is 3.09. The van der Waals surface area contributed by atoms with Gasteiger partial charge in [-0.15, -0.1) is 0 Å². The Hall–Kier alpha value is -1.21. The van der Waals surface area contributed by atoms with Crippen LogP contribution in [0.3, 0.4) is 0 Å². The second-order valence-electron chi connectivity index (χ2n) is 5.78. The van der Waals surface area contributed by atoms with Crippen molar-refractivity contribution in [2.45, 2.75) is 25.3 Å². The van der Waals surface area contributed by atoms with Gasteiger partial charge in [-0.3, -0.25) is 4.79 Å². The second-order valence-corrected chi connectivity index (χ2v) is 6.70. The molecule has 3 rings (SSSR count). The Morgan fingerprint density at radius 2 is 1.86 bits per heavy atom. The molecule has 2 fully saturated rings. The molecule has 21 heavy (non-hydrogen) atoms. The summed E-state index contributed by atoms with van der Waals surface area (Å²) in [7, 11) is 0. The Morgan fingerprint density at radius 3 is 2.43 bits per heavy atom. The fourth-order valence-corrected chi connectivity index (χ4v) is 3.30. The Bertz CT molecular complexity index is 501. The van der Waals surface area contributed by atoms with Gasteiger partial charge in [0.1, 0.15) is 0 Å². The summed E-state index contributed by atoms with van der Waals surface area (Å²) >= 11 is 3.33. The van der Waals surface area contributed by atoms with Gasteiger partial charge in [0.15, 0.2) is 0 Å². The van der Waals surface area contributed by atoms with Crippen molar-refractivity contribution >= 4 is 27.8 Å². The molecule has 6 nitrogen and oxygen atoms in total. The van der Waals surface area contributed by atoms with E-state index < -0.39 is 0 Å². The lowest BCUT2D eigenvalue weighted by atomic mass is 10.1. The number of rotatable bonds is 2. The molecular formula is C14H20BrN5O. The normalized spacial score (nSPS) is 26.2. The minimum atomic E-state index is 0.135. The number of amides is 1. The van der Waals surface area contributed by atoms with E-state index in [0.29, 0.717) is 0 Å². The number of anilines is 1. The molecule has 2 aliphatic rings. The number of hydrogen-bond acceptors (Lipinski definition) is 5. The summed E-state index contributed by atoms with van der Waals surface area (Å²) in [5.74, 6) is 1.14. The molecule has 2 atom stereocenters. The van der Waals surface area contributed by atoms with Gasteiger partial charge < -0.3 is 15.5 Å². The van der Waals surface area contributed by atoms with Crippen LogP contribution in [0, 0.1) is 5.92 Å². The molecule has 2 N–H and O–H groups in total. The van der Waals surface area contributed by atoms with Crippen LogP contribution in [-0.2, 0) is 4.79 Å². The molecule has 1 saturated carbocycles. The number of piperazine rings is 1. The molecule has 1 aliphatic carbocycles. The van der Waals surface area contributed by atoms with Gasteiger partial charge in [-0.1, -0.05) is 0 Å². The smallest absolute Gasteiger partial charge is 0.225 e. The summed E-state index contributed by atoms with van der Waals surface area (Å²) in [4.78, 5) is 25.2. The van der Waals surface area contributed by atoms with Crippen LogP contribution >= 0.6 is 15.9 Å². The van der Waals surface area contributed by atoms with Crippen LogP contribution in [0.1, 0.15) is 19.3 Å². The zero-order valence-electron chi connectivity index (χ0n) is 11.9. The summed E-state index contributed by atoms with van der Waals surface area (Å²) in [6.07, 6.45) is 6.26. The summed E-state index contributed by atoms with van der Waals surface area (Å²) in [6.45, 7) is 3.05. The number of halogens is 1. The predicted molar refractivity (Wildman–Crippen MR) is 83.8 cm³/mol. The van der Waals surface area contributed by atoms with Crippen molar-refractivity contribution in [2.24, 2.45) is 11.7 Å². The van der Waals surface area contributed by atoms with Gasteiger partial charge in [0, 0.05) is 50.5 Å². The van der Waals surface area contributed by atoms with E-state index in [0.717, 1.165) is 55.9 Å². The largest absolute Gasteiger partial charge is 0.339 e. The van der Waals surface area contributed by atoms with Gasteiger partial charge in [0.05, 0.1) is 4.47 Å². The molecule has 1 aromatic heterocycles. The minimum absolute atomic E-state index is 0.135. The SMILES string of the molecule is NC1CCC(C(=O)N2CCN(c3ncc(Br)cn3)CC2)C1. The van der Waals surface area contributed by atoms with E-state index in [1.165, 1.54) is 0 Å². The van der Waals surface area contributed by atoms with E-state index in [-0.39, 0.29) is 17.9 Å². The first kappa shape index (κ1) is 14.7. The average Bonchev–Trinajstić information content (AvgIpc) is 2.94. The lowest BCUT2D eigenvalue weighted by Gasteiger charge is -2.36. The van der Waals surface area contributed by atoms with Crippen molar-refractivity contribution in [2.75, 3.05) is 31.1 Å². The van der Waals surface area contributed by atoms with Crippen LogP contribution in [0.2, 0.25) is 0 Å². The number of nitrogens with two attached hydrogens (primary N) is 1. The minimum Gasteiger partial charge on any atom is -0.339 e. The summed E-state index contributed by atoms with van der Waals surface area (Å²) in [5, 5.41) is 0.